The lowest BCUT2D eigenvalue weighted by molar-refractivity contribution is 0.0473. The van der Waals surface area contributed by atoms with E-state index in [-0.39, 0.29) is 12.0 Å². The fourth-order valence-electron chi connectivity index (χ4n) is 3.35. The van der Waals surface area contributed by atoms with E-state index in [9.17, 15) is 36.5 Å². The molecule has 35 heavy (non-hydrogen) atoms. The highest BCUT2D eigenvalue weighted by Gasteiger charge is 2.40. The normalized spacial score (nSPS) is 19.1. The van der Waals surface area contributed by atoms with Crippen LogP contribution in [-0.2, 0) is 45.8 Å². The Kier molecular flexibility index (Phi) is 12.0. The predicted molar refractivity (Wildman–Crippen MR) is 122 cm³/mol. The Morgan fingerprint density at radius 3 is 1.66 bits per heavy atom. The first-order chi connectivity index (χ1) is 15.0. The van der Waals surface area contributed by atoms with Crippen molar-refractivity contribution in [2.45, 2.75) is 59.2 Å². The van der Waals surface area contributed by atoms with Crippen molar-refractivity contribution < 1.29 is 73.7 Å². The van der Waals surface area contributed by atoms with E-state index >= 15 is 0 Å². The molecule has 0 saturated carbocycles. The third-order valence-corrected chi connectivity index (χ3v) is 10.3. The smallest absolute Gasteiger partial charge is 0.302 e. The summed E-state index contributed by atoms with van der Waals surface area (Å²) >= 11 is 0. The first-order valence-electron chi connectivity index (χ1n) is 9.52. The minimum Gasteiger partial charge on any atom is -0.302 e. The topological polar surface area (TPSA) is 261 Å². The largest absolute Gasteiger partial charge is 0.481 e. The first kappa shape index (κ1) is 35.2. The van der Waals surface area contributed by atoms with Gasteiger partial charge in [-0.2, -0.15) is 8.62 Å². The summed E-state index contributed by atoms with van der Waals surface area (Å²) in [5.74, 6) is -1.65. The molecule has 0 heterocycles. The molecule has 0 saturated heterocycles. The number of sulfone groups is 1. The van der Waals surface area contributed by atoms with Crippen molar-refractivity contribution >= 4 is 41.1 Å². The molecule has 0 aliphatic rings. The quantitative estimate of drug-likeness (QED) is 0.114. The maximum atomic E-state index is 12.6. The summed E-state index contributed by atoms with van der Waals surface area (Å²) in [4.78, 5) is 53.6. The van der Waals surface area contributed by atoms with Gasteiger partial charge in [0.05, 0.1) is 22.7 Å². The molecule has 0 fully saturated rings. The van der Waals surface area contributed by atoms with Crippen LogP contribution < -0.4 is 0 Å². The van der Waals surface area contributed by atoms with E-state index < -0.39 is 69.8 Å². The molecule has 3 atom stereocenters. The second-order valence-electron chi connectivity index (χ2n) is 8.98. The SMILES string of the molecule is C/C(=C\C(C)(C)OP(=O)(O)OP(=O)(O)O)CS(=O)(=O)CC(C)CC(C)(C)OP(=O)(O)OP(=O)(O)O. The van der Waals surface area contributed by atoms with Crippen LogP contribution in [0, 0.1) is 5.92 Å². The average molecular weight is 612 g/mol. The standard InChI is InChI=1S/C14H32O16P4S/c1-11(7-13(3,4)27-33(21,22)29-31(15,16)17)9-35(25,26)10-12(2)8-14(5,6)28-34(23,24)30-32(18,19)20/h7,12H,8-10H2,1-6H3,(H,21,22)(H,23,24)(H2,15,16,17)(H2,18,19,20)/b11-7+. The van der Waals surface area contributed by atoms with Gasteiger partial charge in [0.1, 0.15) is 0 Å². The van der Waals surface area contributed by atoms with Gasteiger partial charge in [0, 0.05) is 0 Å². The lowest BCUT2D eigenvalue weighted by atomic mass is 9.96. The Hall–Kier alpha value is 0.210. The third kappa shape index (κ3) is 18.2. The molecular weight excluding hydrogens is 580 g/mol. The van der Waals surface area contributed by atoms with Gasteiger partial charge in [-0.15, -0.1) is 0 Å². The summed E-state index contributed by atoms with van der Waals surface area (Å²) in [7, 11) is -24.8. The van der Waals surface area contributed by atoms with E-state index in [1.807, 2.05) is 0 Å². The van der Waals surface area contributed by atoms with Crippen molar-refractivity contribution in [2.75, 3.05) is 11.5 Å². The molecule has 6 N–H and O–H groups in total. The summed E-state index contributed by atoms with van der Waals surface area (Å²) in [6, 6.07) is 0. The molecule has 0 radical (unpaired) electrons. The summed E-state index contributed by atoms with van der Waals surface area (Å²) < 4.78 is 87.1. The van der Waals surface area contributed by atoms with Crippen molar-refractivity contribution in [3.8, 4) is 0 Å². The molecule has 0 aromatic carbocycles. The van der Waals surface area contributed by atoms with Gasteiger partial charge in [-0.1, -0.05) is 18.6 Å². The minimum atomic E-state index is -5.34. The Morgan fingerprint density at radius 2 is 1.26 bits per heavy atom. The highest BCUT2D eigenvalue weighted by Crippen LogP contribution is 2.60. The van der Waals surface area contributed by atoms with Crippen LogP contribution in [0.15, 0.2) is 11.6 Å². The maximum absolute atomic E-state index is 12.6. The molecule has 0 aliphatic heterocycles. The second-order valence-corrected chi connectivity index (χ2v) is 16.6. The highest BCUT2D eigenvalue weighted by atomic mass is 32.2. The van der Waals surface area contributed by atoms with Gasteiger partial charge in [0.2, 0.25) is 0 Å². The van der Waals surface area contributed by atoms with E-state index in [4.69, 9.17) is 28.6 Å². The van der Waals surface area contributed by atoms with E-state index in [1.165, 1.54) is 41.5 Å². The van der Waals surface area contributed by atoms with Gasteiger partial charge in [0.25, 0.3) is 0 Å². The Morgan fingerprint density at radius 1 is 0.857 bits per heavy atom. The lowest BCUT2D eigenvalue weighted by Crippen LogP contribution is -2.29. The maximum Gasteiger partial charge on any atom is 0.481 e. The summed E-state index contributed by atoms with van der Waals surface area (Å²) in [5, 5.41) is 0. The van der Waals surface area contributed by atoms with Crippen LogP contribution in [-0.4, -0.2) is 60.5 Å². The molecule has 0 amide bonds. The van der Waals surface area contributed by atoms with Crippen LogP contribution in [0.4, 0.5) is 0 Å². The molecule has 0 aromatic heterocycles. The first-order valence-corrected chi connectivity index (χ1v) is 17.4. The van der Waals surface area contributed by atoms with E-state index in [2.05, 4.69) is 8.62 Å². The number of hydrogen-bond acceptors (Lipinski definition) is 10. The molecule has 21 heteroatoms. The molecule has 0 aliphatic carbocycles. The zero-order valence-electron chi connectivity index (χ0n) is 19.7. The number of hydrogen-bond donors (Lipinski definition) is 6. The molecule has 0 aromatic rings. The van der Waals surface area contributed by atoms with Gasteiger partial charge >= 0.3 is 31.3 Å². The predicted octanol–water partition coefficient (Wildman–Crippen LogP) is 2.38. The summed E-state index contributed by atoms with van der Waals surface area (Å²) in [6.07, 6.45) is 1.02. The highest BCUT2D eigenvalue weighted by molar-refractivity contribution is 7.91. The minimum absolute atomic E-state index is 0.133. The van der Waals surface area contributed by atoms with Crippen molar-refractivity contribution in [1.82, 2.24) is 0 Å². The molecule has 3 unspecified atom stereocenters. The van der Waals surface area contributed by atoms with Gasteiger partial charge < -0.3 is 29.4 Å². The van der Waals surface area contributed by atoms with Crippen LogP contribution in [0.5, 0.6) is 0 Å². The lowest BCUT2D eigenvalue weighted by Gasteiger charge is -2.29. The average Bonchev–Trinajstić information content (AvgIpc) is 2.33. The molecule has 0 bridgehead atoms. The molecule has 0 rings (SSSR count). The van der Waals surface area contributed by atoms with Crippen LogP contribution in [0.1, 0.15) is 48.0 Å². The second kappa shape index (κ2) is 11.9. The fourth-order valence-corrected chi connectivity index (χ4v) is 8.99. The van der Waals surface area contributed by atoms with Crippen LogP contribution in [0.25, 0.3) is 0 Å². The van der Waals surface area contributed by atoms with E-state index in [1.54, 1.807) is 0 Å². The number of rotatable bonds is 15. The zero-order chi connectivity index (χ0) is 28.3. The van der Waals surface area contributed by atoms with E-state index in [0.717, 1.165) is 6.08 Å². The Balaban J connectivity index is 5.24. The molecule has 16 nitrogen and oxygen atoms in total. The van der Waals surface area contributed by atoms with Crippen molar-refractivity contribution in [3.05, 3.63) is 11.6 Å². The number of phosphoric acid groups is 4. The molecule has 0 spiro atoms. The van der Waals surface area contributed by atoms with Gasteiger partial charge in [-0.3, -0.25) is 9.05 Å². The third-order valence-electron chi connectivity index (χ3n) is 3.55. The summed E-state index contributed by atoms with van der Waals surface area (Å²) in [5.41, 5.74) is -3.03. The molecular formula is C14H32O16P4S. The van der Waals surface area contributed by atoms with Crippen molar-refractivity contribution in [1.29, 1.82) is 0 Å². The van der Waals surface area contributed by atoms with Crippen LogP contribution >= 0.6 is 31.3 Å². The zero-order valence-corrected chi connectivity index (χ0v) is 24.1. The van der Waals surface area contributed by atoms with Gasteiger partial charge in [-0.05, 0) is 47.0 Å². The van der Waals surface area contributed by atoms with E-state index in [0.29, 0.717) is 0 Å². The van der Waals surface area contributed by atoms with Crippen molar-refractivity contribution in [2.24, 2.45) is 5.92 Å². The monoisotopic (exact) mass is 612 g/mol. The fraction of sp³-hybridized carbons (Fsp3) is 0.857. The Labute approximate surface area is 203 Å². The van der Waals surface area contributed by atoms with Crippen LogP contribution in [0.3, 0.4) is 0 Å². The van der Waals surface area contributed by atoms with Crippen molar-refractivity contribution in [3.63, 3.8) is 0 Å². The summed E-state index contributed by atoms with van der Waals surface area (Å²) in [6.45, 7) is 7.89. The van der Waals surface area contributed by atoms with Gasteiger partial charge in [0.15, 0.2) is 9.84 Å². The van der Waals surface area contributed by atoms with Crippen LogP contribution in [0.2, 0.25) is 0 Å². The number of phosphoric ester groups is 2. The van der Waals surface area contributed by atoms with Gasteiger partial charge in [-0.25, -0.2) is 26.7 Å². The molecule has 210 valence electrons. The Bertz CT molecular complexity index is 1070.